The number of benzene rings is 1. The molecule has 6 rings (SSSR count). The normalized spacial score (nSPS) is 27.9. The fourth-order valence-corrected chi connectivity index (χ4v) is 5.99. The van der Waals surface area contributed by atoms with Gasteiger partial charge in [-0.1, -0.05) is 0 Å². The van der Waals surface area contributed by atoms with E-state index in [1.165, 1.54) is 12.8 Å². The molecule has 9 heteroatoms. The van der Waals surface area contributed by atoms with Gasteiger partial charge in [0.05, 0.1) is 10.9 Å². The molecular formula is C26H34N6O2S. The van der Waals surface area contributed by atoms with Gasteiger partial charge < -0.3 is 20.0 Å². The van der Waals surface area contributed by atoms with Crippen molar-refractivity contribution in [3.05, 3.63) is 24.3 Å². The number of carbonyl (C=O) groups excluding carboxylic acids is 2. The van der Waals surface area contributed by atoms with Gasteiger partial charge >= 0.3 is 6.03 Å². The smallest absolute Gasteiger partial charge is 0.319 e. The van der Waals surface area contributed by atoms with E-state index in [2.05, 4.69) is 47.0 Å². The minimum atomic E-state index is -0.0804. The highest BCUT2D eigenvalue weighted by atomic mass is 32.2. The number of urea groups is 1. The number of pyridine rings is 1. The third kappa shape index (κ3) is 4.22. The van der Waals surface area contributed by atoms with Crippen molar-refractivity contribution >= 4 is 46.3 Å². The van der Waals surface area contributed by atoms with Crippen LogP contribution in [0.2, 0.25) is 0 Å². The molecule has 1 aromatic heterocycles. The van der Waals surface area contributed by atoms with Crippen LogP contribution in [-0.4, -0.2) is 72.0 Å². The molecule has 0 bridgehead atoms. The highest BCUT2D eigenvalue weighted by Gasteiger charge is 2.74. The molecule has 3 aliphatic carbocycles. The van der Waals surface area contributed by atoms with Crippen molar-refractivity contribution in [2.45, 2.75) is 56.0 Å². The van der Waals surface area contributed by atoms with Gasteiger partial charge in [-0.3, -0.25) is 9.52 Å². The summed E-state index contributed by atoms with van der Waals surface area (Å²) in [6, 6.07) is 8.51. The molecule has 3 saturated carbocycles. The fourth-order valence-electron chi connectivity index (χ4n) is 5.08. The van der Waals surface area contributed by atoms with Crippen molar-refractivity contribution in [3.63, 3.8) is 0 Å². The molecule has 1 atom stereocenters. The Bertz CT molecular complexity index is 1210. The van der Waals surface area contributed by atoms with Crippen LogP contribution in [0.5, 0.6) is 0 Å². The van der Waals surface area contributed by atoms with Crippen molar-refractivity contribution in [3.8, 4) is 0 Å². The van der Waals surface area contributed by atoms with Gasteiger partial charge in [-0.05, 0) is 81.7 Å². The monoisotopic (exact) mass is 494 g/mol. The molecule has 2 N–H and O–H groups in total. The molecule has 0 unspecified atom stereocenters. The van der Waals surface area contributed by atoms with Gasteiger partial charge in [0.15, 0.2) is 0 Å². The van der Waals surface area contributed by atoms with E-state index in [4.69, 9.17) is 4.98 Å². The van der Waals surface area contributed by atoms with Gasteiger partial charge in [0.2, 0.25) is 5.91 Å². The minimum absolute atomic E-state index is 0.0586. The Morgan fingerprint density at radius 1 is 1.17 bits per heavy atom. The number of hydrogen-bond acceptors (Lipinski definition) is 6. The van der Waals surface area contributed by atoms with E-state index in [-0.39, 0.29) is 28.9 Å². The maximum absolute atomic E-state index is 12.6. The lowest BCUT2D eigenvalue weighted by Crippen LogP contribution is -2.56. The van der Waals surface area contributed by atoms with E-state index in [0.717, 1.165) is 47.4 Å². The lowest BCUT2D eigenvalue weighted by Gasteiger charge is -2.42. The number of carbonyl (C=O) groups is 2. The molecular weight excluding hydrogens is 460 g/mol. The molecule has 1 aromatic carbocycles. The van der Waals surface area contributed by atoms with Crippen LogP contribution in [0.4, 0.5) is 16.3 Å². The second-order valence-electron chi connectivity index (χ2n) is 11.4. The maximum Gasteiger partial charge on any atom is 0.319 e. The first-order valence-corrected chi connectivity index (χ1v) is 13.4. The van der Waals surface area contributed by atoms with Gasteiger partial charge in [-0.25, -0.2) is 9.78 Å². The zero-order valence-corrected chi connectivity index (χ0v) is 21.7. The molecule has 186 valence electrons. The Balaban J connectivity index is 1.29. The van der Waals surface area contributed by atoms with Crippen molar-refractivity contribution in [1.82, 2.24) is 19.5 Å². The zero-order valence-electron chi connectivity index (χ0n) is 20.9. The molecule has 35 heavy (non-hydrogen) atoms. The van der Waals surface area contributed by atoms with Crippen LogP contribution in [0.3, 0.4) is 0 Å². The van der Waals surface area contributed by atoms with Gasteiger partial charge in [-0.15, -0.1) is 0 Å². The standard InChI is InChI=1S/C26H34N6O2S/c1-16-15-31(9-10-32(16)24(34)30(3)4)21-12-18(35-29-25(2)7-8-25)11-20-19(21)5-6-22(27-20)28-23(33)26-13-17(26)14-26/h5-6,11-12,16-17,29H,7-10,13-15H2,1-4H3,(H,27,28,33)/t16-,17?,26?/m0/s1. The summed E-state index contributed by atoms with van der Waals surface area (Å²) in [5.74, 6) is 1.35. The average molecular weight is 495 g/mol. The lowest BCUT2D eigenvalue weighted by atomic mass is 10.1. The number of nitrogens with one attached hydrogen (secondary N) is 2. The third-order valence-electron chi connectivity index (χ3n) is 8.15. The van der Waals surface area contributed by atoms with Gasteiger partial charge in [-0.2, -0.15) is 0 Å². The van der Waals surface area contributed by atoms with Gasteiger partial charge in [0, 0.05) is 61.3 Å². The Morgan fingerprint density at radius 3 is 2.54 bits per heavy atom. The zero-order chi connectivity index (χ0) is 24.5. The second-order valence-corrected chi connectivity index (χ2v) is 12.2. The third-order valence-corrected chi connectivity index (χ3v) is 9.21. The molecule has 0 spiro atoms. The van der Waals surface area contributed by atoms with E-state index in [0.29, 0.717) is 18.3 Å². The molecule has 1 saturated heterocycles. The number of aromatic nitrogens is 1. The lowest BCUT2D eigenvalue weighted by molar-refractivity contribution is -0.119. The second kappa shape index (κ2) is 8.00. The van der Waals surface area contributed by atoms with Crippen molar-refractivity contribution in [2.24, 2.45) is 11.3 Å². The molecule has 2 aromatic rings. The Hall–Kier alpha value is -2.52. The quantitative estimate of drug-likeness (QED) is 0.593. The molecule has 4 fully saturated rings. The summed E-state index contributed by atoms with van der Waals surface area (Å²) >= 11 is 1.66. The molecule has 4 aliphatic rings. The van der Waals surface area contributed by atoms with Crippen LogP contribution in [0.1, 0.15) is 39.5 Å². The summed E-state index contributed by atoms with van der Waals surface area (Å²) in [5.41, 5.74) is 2.14. The Kier molecular flexibility index (Phi) is 5.23. The van der Waals surface area contributed by atoms with E-state index in [1.807, 2.05) is 11.0 Å². The number of amides is 3. The SMILES string of the molecule is C[C@H]1CN(c2cc(SNC3(C)CC3)cc3nc(NC(=O)C45CC4C5)ccc23)CCN1C(=O)N(C)C. The molecule has 8 nitrogen and oxygen atoms in total. The number of fused-ring (bicyclic) bond motifs is 2. The van der Waals surface area contributed by atoms with Crippen LogP contribution >= 0.6 is 11.9 Å². The minimum Gasteiger partial charge on any atom is -0.367 e. The number of piperazine rings is 1. The van der Waals surface area contributed by atoms with Crippen LogP contribution in [0, 0.1) is 11.3 Å². The summed E-state index contributed by atoms with van der Waals surface area (Å²) in [6.07, 6.45) is 4.44. The van der Waals surface area contributed by atoms with Gasteiger partial charge in [0.1, 0.15) is 5.82 Å². The van der Waals surface area contributed by atoms with Crippen LogP contribution in [0.15, 0.2) is 29.2 Å². The van der Waals surface area contributed by atoms with Crippen LogP contribution in [-0.2, 0) is 4.79 Å². The van der Waals surface area contributed by atoms with Gasteiger partial charge in [0.25, 0.3) is 0 Å². The maximum atomic E-state index is 12.6. The molecule has 2 heterocycles. The first-order chi connectivity index (χ1) is 16.7. The van der Waals surface area contributed by atoms with Crippen molar-refractivity contribution in [2.75, 3.05) is 43.9 Å². The molecule has 3 amide bonds. The summed E-state index contributed by atoms with van der Waals surface area (Å²) in [7, 11) is 3.61. The van der Waals surface area contributed by atoms with E-state index in [9.17, 15) is 9.59 Å². The fraction of sp³-hybridized carbons (Fsp3) is 0.577. The predicted octanol–water partition coefficient (Wildman–Crippen LogP) is 3.92. The highest BCUT2D eigenvalue weighted by Crippen LogP contribution is 2.75. The highest BCUT2D eigenvalue weighted by molar-refractivity contribution is 7.97. The summed E-state index contributed by atoms with van der Waals surface area (Å²) < 4.78 is 3.61. The van der Waals surface area contributed by atoms with Crippen molar-refractivity contribution in [1.29, 1.82) is 0 Å². The number of hydrogen-bond donors (Lipinski definition) is 2. The summed E-state index contributed by atoms with van der Waals surface area (Å²) in [5, 5.41) is 4.13. The number of anilines is 2. The van der Waals surface area contributed by atoms with E-state index < -0.39 is 0 Å². The molecule has 1 aliphatic heterocycles. The first-order valence-electron chi connectivity index (χ1n) is 12.6. The van der Waals surface area contributed by atoms with E-state index >= 15 is 0 Å². The summed E-state index contributed by atoms with van der Waals surface area (Å²) in [6.45, 7) is 6.56. The molecule has 0 radical (unpaired) electrons. The summed E-state index contributed by atoms with van der Waals surface area (Å²) in [4.78, 5) is 37.2. The average Bonchev–Trinajstić information content (AvgIpc) is 3.73. The predicted molar refractivity (Wildman–Crippen MR) is 140 cm³/mol. The largest absolute Gasteiger partial charge is 0.367 e. The number of nitrogens with zero attached hydrogens (tertiary/aromatic N) is 4. The van der Waals surface area contributed by atoms with E-state index in [1.54, 1.807) is 30.9 Å². The topological polar surface area (TPSA) is 80.8 Å². The van der Waals surface area contributed by atoms with Crippen molar-refractivity contribution < 1.29 is 9.59 Å². The number of rotatable bonds is 6. The van der Waals surface area contributed by atoms with Crippen LogP contribution in [0.25, 0.3) is 10.9 Å². The van der Waals surface area contributed by atoms with Crippen LogP contribution < -0.4 is 14.9 Å². The first kappa shape index (κ1) is 22.9. The Morgan fingerprint density at radius 2 is 1.91 bits per heavy atom. The Labute approximate surface area is 210 Å².